The van der Waals surface area contributed by atoms with Crippen LogP contribution in [0.4, 0.5) is 0 Å². The standard InChI is InChI=1S/C43H73NO7/c1-3-5-7-9-11-13-15-17-19-21-23-25-27-29-31-33-37-50-43(49)39(44-40(45)35-36-41(46)47)38-51-42(48)34-32-30-28-26-24-22-20-18-16-14-12-10-8-6-4-2/h11-14,17-20,39H,3-10,15-16,21-38H2,1-2H3,(H,44,45)(H,46,47)/b13-11-,14-12-,19-17-,20-18-/t39-/m0/s1. The van der Waals surface area contributed by atoms with Gasteiger partial charge in [0.25, 0.3) is 0 Å². The lowest BCUT2D eigenvalue weighted by Crippen LogP contribution is -2.45. The van der Waals surface area contributed by atoms with Crippen molar-refractivity contribution >= 4 is 23.8 Å². The van der Waals surface area contributed by atoms with Gasteiger partial charge in [0.1, 0.15) is 6.61 Å². The third-order valence-electron chi connectivity index (χ3n) is 8.52. The van der Waals surface area contributed by atoms with E-state index in [2.05, 4.69) is 67.8 Å². The number of carbonyl (C=O) groups is 4. The quantitative estimate of drug-likeness (QED) is 0.0376. The van der Waals surface area contributed by atoms with Crippen LogP contribution < -0.4 is 5.32 Å². The molecule has 0 saturated heterocycles. The van der Waals surface area contributed by atoms with Crippen LogP contribution in [0, 0.1) is 0 Å². The minimum Gasteiger partial charge on any atom is -0.481 e. The number of rotatable bonds is 36. The number of hydrogen-bond acceptors (Lipinski definition) is 6. The third kappa shape index (κ3) is 36.4. The lowest BCUT2D eigenvalue weighted by molar-refractivity contribution is -0.154. The van der Waals surface area contributed by atoms with Crippen molar-refractivity contribution in [3.05, 3.63) is 48.6 Å². The van der Waals surface area contributed by atoms with E-state index < -0.39 is 29.9 Å². The molecule has 0 unspecified atom stereocenters. The molecule has 2 N–H and O–H groups in total. The molecule has 0 spiro atoms. The fourth-order valence-corrected chi connectivity index (χ4v) is 5.35. The Morgan fingerprint density at radius 1 is 0.529 bits per heavy atom. The predicted octanol–water partition coefficient (Wildman–Crippen LogP) is 11.0. The molecular weight excluding hydrogens is 642 g/mol. The number of aliphatic carboxylic acids is 1. The van der Waals surface area contributed by atoms with Crippen LogP contribution in [-0.4, -0.2) is 48.2 Å². The zero-order chi connectivity index (χ0) is 37.5. The van der Waals surface area contributed by atoms with Crippen molar-refractivity contribution in [2.24, 2.45) is 0 Å². The van der Waals surface area contributed by atoms with Gasteiger partial charge in [0, 0.05) is 12.8 Å². The summed E-state index contributed by atoms with van der Waals surface area (Å²) in [5, 5.41) is 11.4. The van der Waals surface area contributed by atoms with Gasteiger partial charge in [0.2, 0.25) is 5.91 Å². The molecule has 1 atom stereocenters. The average Bonchev–Trinajstić information content (AvgIpc) is 3.11. The number of nitrogens with one attached hydrogen (secondary N) is 1. The number of carbonyl (C=O) groups excluding carboxylic acids is 3. The van der Waals surface area contributed by atoms with E-state index in [9.17, 15) is 19.2 Å². The minimum atomic E-state index is -1.16. The molecule has 0 fully saturated rings. The molecule has 8 heteroatoms. The van der Waals surface area contributed by atoms with E-state index in [1.807, 2.05) is 0 Å². The highest BCUT2D eigenvalue weighted by Gasteiger charge is 2.24. The van der Waals surface area contributed by atoms with E-state index in [0.717, 1.165) is 70.6 Å². The van der Waals surface area contributed by atoms with Crippen LogP contribution >= 0.6 is 0 Å². The van der Waals surface area contributed by atoms with E-state index in [-0.39, 0.29) is 32.5 Å². The summed E-state index contributed by atoms with van der Waals surface area (Å²) in [6.07, 6.45) is 42.9. The molecule has 0 aliphatic carbocycles. The maximum atomic E-state index is 12.7. The fourth-order valence-electron chi connectivity index (χ4n) is 5.35. The number of unbranched alkanes of at least 4 members (excludes halogenated alkanes) is 17. The molecule has 1 amide bonds. The lowest BCUT2D eigenvalue weighted by Gasteiger charge is -2.18. The number of allylic oxidation sites excluding steroid dienone is 8. The summed E-state index contributed by atoms with van der Waals surface area (Å²) >= 11 is 0. The second kappa shape index (κ2) is 38.1. The Morgan fingerprint density at radius 2 is 0.980 bits per heavy atom. The van der Waals surface area contributed by atoms with Crippen molar-refractivity contribution < 1.29 is 33.8 Å². The number of carboxylic acid groups (broad SMARTS) is 1. The monoisotopic (exact) mass is 716 g/mol. The normalized spacial score (nSPS) is 12.4. The van der Waals surface area contributed by atoms with Crippen LogP contribution in [0.25, 0.3) is 0 Å². The van der Waals surface area contributed by atoms with E-state index in [1.165, 1.54) is 64.2 Å². The molecular formula is C43H73NO7. The van der Waals surface area contributed by atoms with Crippen LogP contribution in [-0.2, 0) is 28.7 Å². The third-order valence-corrected chi connectivity index (χ3v) is 8.52. The van der Waals surface area contributed by atoms with Gasteiger partial charge in [-0.1, -0.05) is 133 Å². The first kappa shape index (κ1) is 47.8. The number of hydrogen-bond donors (Lipinski definition) is 2. The van der Waals surface area contributed by atoms with Crippen LogP contribution in [0.5, 0.6) is 0 Å². The van der Waals surface area contributed by atoms with Gasteiger partial charge >= 0.3 is 17.9 Å². The first-order valence-electron chi connectivity index (χ1n) is 20.3. The van der Waals surface area contributed by atoms with E-state index in [1.54, 1.807) is 0 Å². The Labute approximate surface area is 311 Å². The van der Waals surface area contributed by atoms with Gasteiger partial charge in [0.15, 0.2) is 6.04 Å². The Morgan fingerprint density at radius 3 is 1.47 bits per heavy atom. The molecule has 51 heavy (non-hydrogen) atoms. The van der Waals surface area contributed by atoms with Gasteiger partial charge in [-0.2, -0.15) is 0 Å². The maximum absolute atomic E-state index is 12.7. The molecule has 292 valence electrons. The van der Waals surface area contributed by atoms with Crippen molar-refractivity contribution in [1.82, 2.24) is 5.32 Å². The summed E-state index contributed by atoms with van der Waals surface area (Å²) in [6, 6.07) is -1.16. The highest BCUT2D eigenvalue weighted by Crippen LogP contribution is 2.11. The van der Waals surface area contributed by atoms with Gasteiger partial charge < -0.3 is 19.9 Å². The van der Waals surface area contributed by atoms with Gasteiger partial charge in [-0.05, 0) is 77.0 Å². The smallest absolute Gasteiger partial charge is 0.332 e. The van der Waals surface area contributed by atoms with Crippen LogP contribution in [0.2, 0.25) is 0 Å². The highest BCUT2D eigenvalue weighted by atomic mass is 16.6. The number of carboxylic acids is 1. The summed E-state index contributed by atoms with van der Waals surface area (Å²) in [7, 11) is 0. The fraction of sp³-hybridized carbons (Fsp3) is 0.721. The lowest BCUT2D eigenvalue weighted by atomic mass is 10.1. The molecule has 0 aromatic rings. The van der Waals surface area contributed by atoms with Gasteiger partial charge in [-0.25, -0.2) is 4.79 Å². The zero-order valence-corrected chi connectivity index (χ0v) is 32.4. The minimum absolute atomic E-state index is 0.217. The van der Waals surface area contributed by atoms with Crippen molar-refractivity contribution in [3.8, 4) is 0 Å². The van der Waals surface area contributed by atoms with E-state index in [0.29, 0.717) is 12.8 Å². The molecule has 0 aromatic carbocycles. The average molecular weight is 716 g/mol. The second-order valence-corrected chi connectivity index (χ2v) is 13.4. The molecule has 8 nitrogen and oxygen atoms in total. The molecule has 0 aromatic heterocycles. The molecule has 0 saturated carbocycles. The van der Waals surface area contributed by atoms with Crippen LogP contribution in [0.3, 0.4) is 0 Å². The SMILES string of the molecule is CCCCC/C=C\C/C=C\CCCCCCCCOC(=O)[C@H](COC(=O)CCCCCCC/C=C\C/C=C\CCCCC)NC(=O)CCC(=O)O. The van der Waals surface area contributed by atoms with Crippen molar-refractivity contribution in [2.75, 3.05) is 13.2 Å². The van der Waals surface area contributed by atoms with Gasteiger partial charge in [0.05, 0.1) is 13.0 Å². The van der Waals surface area contributed by atoms with Crippen molar-refractivity contribution in [2.45, 2.75) is 187 Å². The van der Waals surface area contributed by atoms with Crippen molar-refractivity contribution in [3.63, 3.8) is 0 Å². The molecule has 0 aliphatic rings. The summed E-state index contributed by atoms with van der Waals surface area (Å²) in [4.78, 5) is 48.2. The predicted molar refractivity (Wildman–Crippen MR) is 209 cm³/mol. The molecule has 0 bridgehead atoms. The van der Waals surface area contributed by atoms with Crippen molar-refractivity contribution in [1.29, 1.82) is 0 Å². The first-order chi connectivity index (χ1) is 24.9. The maximum Gasteiger partial charge on any atom is 0.332 e. The van der Waals surface area contributed by atoms with Gasteiger partial charge in [-0.15, -0.1) is 0 Å². The molecule has 0 rings (SSSR count). The molecule has 0 aliphatic heterocycles. The van der Waals surface area contributed by atoms with E-state index >= 15 is 0 Å². The summed E-state index contributed by atoms with van der Waals surface area (Å²) in [6.45, 7) is 4.33. The highest BCUT2D eigenvalue weighted by molar-refractivity contribution is 5.86. The van der Waals surface area contributed by atoms with Crippen LogP contribution in [0.15, 0.2) is 48.6 Å². The summed E-state index contributed by atoms with van der Waals surface area (Å²) < 4.78 is 10.7. The summed E-state index contributed by atoms with van der Waals surface area (Å²) in [5.74, 6) is -2.81. The Balaban J connectivity index is 4.16. The largest absolute Gasteiger partial charge is 0.481 e. The van der Waals surface area contributed by atoms with Gasteiger partial charge in [-0.3, -0.25) is 14.4 Å². The topological polar surface area (TPSA) is 119 Å². The summed E-state index contributed by atoms with van der Waals surface area (Å²) in [5.41, 5.74) is 0. The molecule has 0 radical (unpaired) electrons. The zero-order valence-electron chi connectivity index (χ0n) is 32.4. The Hall–Kier alpha value is -3.16. The Kier molecular flexibility index (Phi) is 35.7. The molecule has 0 heterocycles. The number of amides is 1. The Bertz CT molecular complexity index is 985. The number of ether oxygens (including phenoxy) is 2. The second-order valence-electron chi connectivity index (χ2n) is 13.4. The number of esters is 2. The van der Waals surface area contributed by atoms with Crippen LogP contribution in [0.1, 0.15) is 181 Å². The van der Waals surface area contributed by atoms with E-state index in [4.69, 9.17) is 14.6 Å². The first-order valence-corrected chi connectivity index (χ1v) is 20.3.